The van der Waals surface area contributed by atoms with Gasteiger partial charge in [-0.2, -0.15) is 0 Å². The molecule has 1 heterocycles. The third-order valence-corrected chi connectivity index (χ3v) is 1.39. The minimum atomic E-state index is 0.799. The van der Waals surface area contributed by atoms with Gasteiger partial charge in [-0.05, 0) is 28.1 Å². The largest absolute Gasteiger partial charge is 0.308 e. The number of rotatable bonds is 1. The third-order valence-electron chi connectivity index (χ3n) is 0.917. The molecular formula is C6H5BrN2. The Labute approximate surface area is 61.6 Å². The molecule has 0 aliphatic heterocycles. The first kappa shape index (κ1) is 6.42. The number of halogens is 1. The van der Waals surface area contributed by atoms with Gasteiger partial charge < -0.3 is 5.41 Å². The summed E-state index contributed by atoms with van der Waals surface area (Å²) in [5.41, 5.74) is 0.818. The number of nitrogens with one attached hydrogen (secondary N) is 1. The predicted octanol–water partition coefficient (Wildman–Crippen LogP) is 1.84. The van der Waals surface area contributed by atoms with Crippen LogP contribution >= 0.6 is 15.9 Å². The lowest BCUT2D eigenvalue weighted by Gasteiger charge is -1.88. The second-order valence-corrected chi connectivity index (χ2v) is 2.37. The van der Waals surface area contributed by atoms with Gasteiger partial charge in [-0.25, -0.2) is 4.98 Å². The molecule has 1 N–H and O–H groups in total. The zero-order chi connectivity index (χ0) is 6.69. The highest BCUT2D eigenvalue weighted by molar-refractivity contribution is 9.10. The molecule has 9 heavy (non-hydrogen) atoms. The molecule has 0 amide bonds. The average molecular weight is 185 g/mol. The minimum Gasteiger partial charge on any atom is -0.308 e. The first-order valence-corrected chi connectivity index (χ1v) is 3.24. The molecule has 0 unspecified atom stereocenters. The van der Waals surface area contributed by atoms with Gasteiger partial charge in [-0.3, -0.25) is 0 Å². The van der Waals surface area contributed by atoms with Crippen LogP contribution in [0.4, 0.5) is 0 Å². The first-order valence-electron chi connectivity index (χ1n) is 2.45. The Morgan fingerprint density at radius 3 is 2.78 bits per heavy atom. The van der Waals surface area contributed by atoms with Crippen LogP contribution in [-0.4, -0.2) is 11.2 Å². The Balaban J connectivity index is 3.01. The van der Waals surface area contributed by atoms with Crippen LogP contribution in [0.25, 0.3) is 0 Å². The van der Waals surface area contributed by atoms with Gasteiger partial charge in [-0.1, -0.05) is 0 Å². The van der Waals surface area contributed by atoms with Gasteiger partial charge in [0.25, 0.3) is 0 Å². The lowest BCUT2D eigenvalue weighted by molar-refractivity contribution is 1.27. The van der Waals surface area contributed by atoms with Crippen molar-refractivity contribution in [1.29, 1.82) is 5.41 Å². The van der Waals surface area contributed by atoms with Crippen molar-refractivity contribution in [1.82, 2.24) is 4.98 Å². The lowest BCUT2D eigenvalue weighted by Crippen LogP contribution is -1.80. The van der Waals surface area contributed by atoms with E-state index in [1.165, 1.54) is 6.21 Å². The molecule has 0 aromatic carbocycles. The van der Waals surface area contributed by atoms with Gasteiger partial charge in [0.1, 0.15) is 4.60 Å². The van der Waals surface area contributed by atoms with Crippen LogP contribution in [0.5, 0.6) is 0 Å². The van der Waals surface area contributed by atoms with Crippen LogP contribution in [-0.2, 0) is 0 Å². The third kappa shape index (κ3) is 1.61. The SMILES string of the molecule is N=Cc1ccc(Br)nc1. The molecule has 0 aliphatic rings. The Bertz CT molecular complexity index is 205. The highest BCUT2D eigenvalue weighted by Gasteiger charge is 1.85. The van der Waals surface area contributed by atoms with Gasteiger partial charge in [0.05, 0.1) is 0 Å². The molecule has 1 aromatic heterocycles. The van der Waals surface area contributed by atoms with Gasteiger partial charge >= 0.3 is 0 Å². The second-order valence-electron chi connectivity index (χ2n) is 1.56. The molecule has 0 bridgehead atoms. The Kier molecular flexibility index (Phi) is 1.95. The summed E-state index contributed by atoms with van der Waals surface area (Å²) in [7, 11) is 0. The van der Waals surface area contributed by atoms with Crippen molar-refractivity contribution in [2.24, 2.45) is 0 Å². The normalized spacial score (nSPS) is 9.00. The zero-order valence-corrected chi connectivity index (χ0v) is 6.22. The monoisotopic (exact) mass is 184 g/mol. The van der Waals surface area contributed by atoms with E-state index in [1.54, 1.807) is 12.3 Å². The number of hydrogen-bond acceptors (Lipinski definition) is 2. The van der Waals surface area contributed by atoms with Crippen molar-refractivity contribution < 1.29 is 0 Å². The lowest BCUT2D eigenvalue weighted by atomic mass is 10.3. The molecule has 1 aromatic rings. The van der Waals surface area contributed by atoms with E-state index < -0.39 is 0 Å². The summed E-state index contributed by atoms with van der Waals surface area (Å²) in [5.74, 6) is 0. The van der Waals surface area contributed by atoms with Crippen LogP contribution in [0.15, 0.2) is 22.9 Å². The van der Waals surface area contributed by atoms with Crippen molar-refractivity contribution in [3.63, 3.8) is 0 Å². The summed E-state index contributed by atoms with van der Waals surface area (Å²) >= 11 is 3.19. The standard InChI is InChI=1S/C6H5BrN2/c7-6-2-1-5(3-8)4-9-6/h1-4,8H. The summed E-state index contributed by atoms with van der Waals surface area (Å²) in [4.78, 5) is 3.92. The van der Waals surface area contributed by atoms with Gasteiger partial charge in [0, 0.05) is 18.0 Å². The topological polar surface area (TPSA) is 36.7 Å². The Morgan fingerprint density at radius 2 is 2.33 bits per heavy atom. The van der Waals surface area contributed by atoms with E-state index in [-0.39, 0.29) is 0 Å². The first-order chi connectivity index (χ1) is 4.33. The van der Waals surface area contributed by atoms with Gasteiger partial charge in [-0.15, -0.1) is 0 Å². The molecule has 46 valence electrons. The summed E-state index contributed by atoms with van der Waals surface area (Å²) in [6.07, 6.45) is 2.90. The van der Waals surface area contributed by atoms with Crippen LogP contribution in [0.3, 0.4) is 0 Å². The van der Waals surface area contributed by atoms with Crippen molar-refractivity contribution in [3.05, 3.63) is 28.5 Å². The molecule has 0 saturated heterocycles. The molecule has 0 saturated carbocycles. The van der Waals surface area contributed by atoms with E-state index in [0.29, 0.717) is 0 Å². The molecule has 0 spiro atoms. The average Bonchev–Trinajstić information content (AvgIpc) is 1.90. The summed E-state index contributed by atoms with van der Waals surface area (Å²) < 4.78 is 0.799. The molecule has 1 rings (SSSR count). The molecule has 0 radical (unpaired) electrons. The zero-order valence-electron chi connectivity index (χ0n) is 4.63. The van der Waals surface area contributed by atoms with Crippen molar-refractivity contribution >= 4 is 22.1 Å². The maximum Gasteiger partial charge on any atom is 0.106 e. The summed E-state index contributed by atoms with van der Waals surface area (Å²) in [6, 6.07) is 3.63. The number of hydrogen-bond donors (Lipinski definition) is 1. The molecule has 0 aliphatic carbocycles. The summed E-state index contributed by atoms with van der Waals surface area (Å²) in [5, 5.41) is 6.83. The smallest absolute Gasteiger partial charge is 0.106 e. The Morgan fingerprint density at radius 1 is 1.56 bits per heavy atom. The highest BCUT2D eigenvalue weighted by atomic mass is 79.9. The predicted molar refractivity (Wildman–Crippen MR) is 39.8 cm³/mol. The van der Waals surface area contributed by atoms with Crippen molar-refractivity contribution in [2.45, 2.75) is 0 Å². The van der Waals surface area contributed by atoms with Crippen molar-refractivity contribution in [3.8, 4) is 0 Å². The van der Waals surface area contributed by atoms with E-state index in [1.807, 2.05) is 6.07 Å². The fraction of sp³-hybridized carbons (Fsp3) is 0. The fourth-order valence-corrected chi connectivity index (χ4v) is 0.707. The van der Waals surface area contributed by atoms with Crippen LogP contribution in [0.2, 0.25) is 0 Å². The summed E-state index contributed by atoms with van der Waals surface area (Å²) in [6.45, 7) is 0. The highest BCUT2D eigenvalue weighted by Crippen LogP contribution is 2.03. The number of aromatic nitrogens is 1. The van der Waals surface area contributed by atoms with E-state index in [9.17, 15) is 0 Å². The van der Waals surface area contributed by atoms with Gasteiger partial charge in [0.15, 0.2) is 0 Å². The van der Waals surface area contributed by atoms with E-state index in [2.05, 4.69) is 20.9 Å². The number of nitrogens with zero attached hydrogens (tertiary/aromatic N) is 1. The van der Waals surface area contributed by atoms with Crippen LogP contribution < -0.4 is 0 Å². The van der Waals surface area contributed by atoms with Crippen LogP contribution in [0, 0.1) is 5.41 Å². The quantitative estimate of drug-likeness (QED) is 0.525. The fourth-order valence-electron chi connectivity index (χ4n) is 0.473. The maximum absolute atomic E-state index is 6.83. The van der Waals surface area contributed by atoms with E-state index in [0.717, 1.165) is 10.2 Å². The molecule has 0 fully saturated rings. The Hall–Kier alpha value is -0.700. The molecule has 0 atom stereocenters. The number of pyridine rings is 1. The van der Waals surface area contributed by atoms with Crippen molar-refractivity contribution in [2.75, 3.05) is 0 Å². The van der Waals surface area contributed by atoms with E-state index >= 15 is 0 Å². The molecular weight excluding hydrogens is 180 g/mol. The second kappa shape index (κ2) is 2.73. The molecule has 2 nitrogen and oxygen atoms in total. The van der Waals surface area contributed by atoms with Gasteiger partial charge in [0.2, 0.25) is 0 Å². The van der Waals surface area contributed by atoms with E-state index in [4.69, 9.17) is 5.41 Å². The van der Waals surface area contributed by atoms with Crippen LogP contribution in [0.1, 0.15) is 5.56 Å². The minimum absolute atomic E-state index is 0.799. The maximum atomic E-state index is 6.83. The molecule has 3 heteroatoms.